The van der Waals surface area contributed by atoms with Gasteiger partial charge in [-0.05, 0) is 12.8 Å². The molecule has 0 spiro atoms. The summed E-state index contributed by atoms with van der Waals surface area (Å²) in [6, 6.07) is 0.236. The van der Waals surface area contributed by atoms with Crippen LogP contribution in [-0.2, 0) is 0 Å². The summed E-state index contributed by atoms with van der Waals surface area (Å²) in [5.74, 6) is 0. The SMILES string of the molecule is C=C(CC)[C@@H]1C[C@H](F)CN1. The van der Waals surface area contributed by atoms with Crippen LogP contribution in [0.25, 0.3) is 0 Å². The first-order chi connectivity index (χ1) is 4.74. The Kier molecular flexibility index (Phi) is 2.44. The van der Waals surface area contributed by atoms with Crippen molar-refractivity contribution >= 4 is 0 Å². The van der Waals surface area contributed by atoms with E-state index in [1.165, 1.54) is 0 Å². The average molecular weight is 143 g/mol. The maximum Gasteiger partial charge on any atom is 0.114 e. The van der Waals surface area contributed by atoms with Crippen LogP contribution in [0, 0.1) is 0 Å². The van der Waals surface area contributed by atoms with Crippen molar-refractivity contribution < 1.29 is 4.39 Å². The molecule has 1 rings (SSSR count). The van der Waals surface area contributed by atoms with Gasteiger partial charge in [-0.1, -0.05) is 19.1 Å². The van der Waals surface area contributed by atoms with Gasteiger partial charge in [0.2, 0.25) is 0 Å². The normalized spacial score (nSPS) is 32.6. The summed E-state index contributed by atoms with van der Waals surface area (Å²) in [7, 11) is 0. The Morgan fingerprint density at radius 2 is 2.50 bits per heavy atom. The van der Waals surface area contributed by atoms with Crippen LogP contribution in [0.15, 0.2) is 12.2 Å². The van der Waals surface area contributed by atoms with E-state index in [-0.39, 0.29) is 6.04 Å². The molecule has 10 heavy (non-hydrogen) atoms. The first kappa shape index (κ1) is 7.73. The van der Waals surface area contributed by atoms with Gasteiger partial charge < -0.3 is 5.32 Å². The van der Waals surface area contributed by atoms with Gasteiger partial charge in [0.1, 0.15) is 6.17 Å². The molecule has 1 N–H and O–H groups in total. The molecule has 1 saturated heterocycles. The van der Waals surface area contributed by atoms with Crippen molar-refractivity contribution in [1.29, 1.82) is 0 Å². The van der Waals surface area contributed by atoms with E-state index in [1.54, 1.807) is 0 Å². The molecule has 0 aromatic rings. The van der Waals surface area contributed by atoms with Crippen molar-refractivity contribution in [3.05, 3.63) is 12.2 Å². The van der Waals surface area contributed by atoms with E-state index in [0.29, 0.717) is 13.0 Å². The highest BCUT2D eigenvalue weighted by Crippen LogP contribution is 2.17. The minimum absolute atomic E-state index is 0.236. The fourth-order valence-electron chi connectivity index (χ4n) is 1.25. The fourth-order valence-corrected chi connectivity index (χ4v) is 1.25. The second kappa shape index (κ2) is 3.15. The van der Waals surface area contributed by atoms with Crippen molar-refractivity contribution in [3.8, 4) is 0 Å². The Hall–Kier alpha value is -0.370. The highest BCUT2D eigenvalue weighted by Gasteiger charge is 2.24. The van der Waals surface area contributed by atoms with Gasteiger partial charge in [-0.2, -0.15) is 0 Å². The highest BCUT2D eigenvalue weighted by atomic mass is 19.1. The van der Waals surface area contributed by atoms with Gasteiger partial charge in [-0.25, -0.2) is 4.39 Å². The van der Waals surface area contributed by atoms with Crippen LogP contribution in [-0.4, -0.2) is 18.8 Å². The van der Waals surface area contributed by atoms with Crippen LogP contribution in [0.2, 0.25) is 0 Å². The van der Waals surface area contributed by atoms with Gasteiger partial charge in [-0.15, -0.1) is 0 Å². The number of hydrogen-bond donors (Lipinski definition) is 1. The van der Waals surface area contributed by atoms with Crippen LogP contribution in [0.1, 0.15) is 19.8 Å². The van der Waals surface area contributed by atoms with Crippen LogP contribution >= 0.6 is 0 Å². The second-order valence-corrected chi connectivity index (χ2v) is 2.81. The zero-order valence-electron chi connectivity index (χ0n) is 6.36. The standard InChI is InChI=1S/C8H14FN/c1-3-6(2)8-4-7(9)5-10-8/h7-8,10H,2-5H2,1H3/t7-,8-/m0/s1. The van der Waals surface area contributed by atoms with Gasteiger partial charge in [0.15, 0.2) is 0 Å². The monoisotopic (exact) mass is 143 g/mol. The van der Waals surface area contributed by atoms with E-state index in [4.69, 9.17) is 0 Å². The van der Waals surface area contributed by atoms with Crippen molar-refractivity contribution in [1.82, 2.24) is 5.32 Å². The minimum atomic E-state index is -0.659. The van der Waals surface area contributed by atoms with Crippen molar-refractivity contribution in [3.63, 3.8) is 0 Å². The summed E-state index contributed by atoms with van der Waals surface area (Å²) in [5, 5.41) is 3.08. The molecule has 2 atom stereocenters. The Labute approximate surface area is 61.3 Å². The molecule has 1 aliphatic heterocycles. The molecule has 0 aromatic carbocycles. The smallest absolute Gasteiger partial charge is 0.114 e. The Balaban J connectivity index is 2.37. The van der Waals surface area contributed by atoms with Crippen molar-refractivity contribution in [2.75, 3.05) is 6.54 Å². The Morgan fingerprint density at radius 3 is 2.90 bits per heavy atom. The van der Waals surface area contributed by atoms with E-state index in [1.807, 2.05) is 0 Å². The van der Waals surface area contributed by atoms with Crippen LogP contribution in [0.5, 0.6) is 0 Å². The highest BCUT2D eigenvalue weighted by molar-refractivity contribution is 5.08. The van der Waals surface area contributed by atoms with Gasteiger partial charge in [0.05, 0.1) is 0 Å². The quantitative estimate of drug-likeness (QED) is 0.579. The van der Waals surface area contributed by atoms with Gasteiger partial charge in [0.25, 0.3) is 0 Å². The number of halogens is 1. The summed E-state index contributed by atoms with van der Waals surface area (Å²) in [6.45, 7) is 6.42. The maximum absolute atomic E-state index is 12.6. The Morgan fingerprint density at radius 1 is 1.80 bits per heavy atom. The first-order valence-electron chi connectivity index (χ1n) is 3.79. The summed E-state index contributed by atoms with van der Waals surface area (Å²) >= 11 is 0. The topological polar surface area (TPSA) is 12.0 Å². The summed E-state index contributed by atoms with van der Waals surface area (Å²) in [5.41, 5.74) is 1.13. The van der Waals surface area contributed by atoms with Crippen molar-refractivity contribution in [2.24, 2.45) is 0 Å². The third-order valence-corrected chi connectivity index (χ3v) is 2.02. The van der Waals surface area contributed by atoms with Crippen LogP contribution in [0.4, 0.5) is 4.39 Å². The molecule has 58 valence electrons. The molecule has 1 heterocycles. The molecular weight excluding hydrogens is 129 g/mol. The van der Waals surface area contributed by atoms with Crippen LogP contribution < -0.4 is 5.32 Å². The molecular formula is C8H14FN. The number of hydrogen-bond acceptors (Lipinski definition) is 1. The van der Waals surface area contributed by atoms with E-state index in [2.05, 4.69) is 18.8 Å². The largest absolute Gasteiger partial charge is 0.307 e. The lowest BCUT2D eigenvalue weighted by molar-refractivity contribution is 0.357. The molecule has 0 unspecified atom stereocenters. The minimum Gasteiger partial charge on any atom is -0.307 e. The second-order valence-electron chi connectivity index (χ2n) is 2.81. The molecule has 1 nitrogen and oxygen atoms in total. The molecule has 0 saturated carbocycles. The molecule has 0 bridgehead atoms. The molecule has 0 aliphatic carbocycles. The lowest BCUT2D eigenvalue weighted by Crippen LogP contribution is -2.22. The van der Waals surface area contributed by atoms with Gasteiger partial charge >= 0.3 is 0 Å². The molecule has 0 amide bonds. The molecule has 1 aliphatic rings. The fraction of sp³-hybridized carbons (Fsp3) is 0.750. The molecule has 1 fully saturated rings. The van der Waals surface area contributed by atoms with Crippen LogP contribution in [0.3, 0.4) is 0 Å². The average Bonchev–Trinajstić information content (AvgIpc) is 2.34. The van der Waals surface area contributed by atoms with E-state index >= 15 is 0 Å². The molecule has 0 aromatic heterocycles. The van der Waals surface area contributed by atoms with Gasteiger partial charge in [-0.3, -0.25) is 0 Å². The molecule has 2 heteroatoms. The Bertz CT molecular complexity index is 133. The number of rotatable bonds is 2. The third-order valence-electron chi connectivity index (χ3n) is 2.02. The lowest BCUT2D eigenvalue weighted by Gasteiger charge is -2.10. The third kappa shape index (κ3) is 1.57. The summed E-state index contributed by atoms with van der Waals surface area (Å²) in [6.07, 6.45) is 0.908. The van der Waals surface area contributed by atoms with Gasteiger partial charge in [0, 0.05) is 12.6 Å². The zero-order valence-corrected chi connectivity index (χ0v) is 6.36. The lowest BCUT2D eigenvalue weighted by atomic mass is 10.1. The van der Waals surface area contributed by atoms with E-state index in [9.17, 15) is 4.39 Å². The summed E-state index contributed by atoms with van der Waals surface area (Å²) < 4.78 is 12.6. The predicted molar refractivity (Wildman–Crippen MR) is 40.7 cm³/mol. The predicted octanol–water partition coefficient (Wildman–Crippen LogP) is 1.65. The maximum atomic E-state index is 12.6. The first-order valence-corrected chi connectivity index (χ1v) is 3.79. The number of alkyl halides is 1. The van der Waals surface area contributed by atoms with E-state index in [0.717, 1.165) is 12.0 Å². The van der Waals surface area contributed by atoms with E-state index < -0.39 is 6.17 Å². The number of nitrogens with one attached hydrogen (secondary N) is 1. The zero-order chi connectivity index (χ0) is 7.56. The summed E-state index contributed by atoms with van der Waals surface area (Å²) in [4.78, 5) is 0. The molecule has 0 radical (unpaired) electrons. The van der Waals surface area contributed by atoms with Crippen molar-refractivity contribution in [2.45, 2.75) is 32.0 Å².